The molecule has 2 bridgehead atoms. The van der Waals surface area contributed by atoms with Gasteiger partial charge in [-0.05, 0) is 37.5 Å². The number of hydrogen-bond acceptors (Lipinski definition) is 5. The molecule has 2 amide bonds. The highest BCUT2D eigenvalue weighted by atomic mass is 16.5. The minimum absolute atomic E-state index is 0.0390. The zero-order valence-electron chi connectivity index (χ0n) is 15.5. The Labute approximate surface area is 157 Å². The third-order valence-corrected chi connectivity index (χ3v) is 4.88. The minimum atomic E-state index is -0.573. The quantitative estimate of drug-likeness (QED) is 0.644. The SMILES string of the molecule is CC[C@@H]1CCC[C@H](N)c2ncc([nH]2)-c2ccc(NC(=O)OC)cc2NC1=O. The molecule has 0 aliphatic carbocycles. The molecule has 0 saturated heterocycles. The molecule has 0 radical (unpaired) electrons. The highest BCUT2D eigenvalue weighted by Gasteiger charge is 2.21. The van der Waals surface area contributed by atoms with E-state index in [1.165, 1.54) is 7.11 Å². The molecule has 1 aromatic heterocycles. The first-order valence-electron chi connectivity index (χ1n) is 9.12. The number of anilines is 2. The summed E-state index contributed by atoms with van der Waals surface area (Å²) in [4.78, 5) is 31.9. The Morgan fingerprint density at radius 3 is 2.96 bits per heavy atom. The topological polar surface area (TPSA) is 122 Å². The highest BCUT2D eigenvalue weighted by molar-refractivity contribution is 5.98. The van der Waals surface area contributed by atoms with Crippen molar-refractivity contribution in [1.82, 2.24) is 9.97 Å². The first-order valence-corrected chi connectivity index (χ1v) is 9.12. The number of nitrogens with two attached hydrogens (primary N) is 1. The zero-order valence-corrected chi connectivity index (χ0v) is 15.5. The van der Waals surface area contributed by atoms with Gasteiger partial charge in [-0.25, -0.2) is 9.78 Å². The number of rotatable bonds is 2. The molecule has 8 heteroatoms. The number of carbonyl (C=O) groups excluding carboxylic acids is 2. The van der Waals surface area contributed by atoms with Crippen molar-refractivity contribution >= 4 is 23.4 Å². The lowest BCUT2D eigenvalue weighted by Gasteiger charge is -2.19. The summed E-state index contributed by atoms with van der Waals surface area (Å²) in [6, 6.07) is 5.08. The first kappa shape index (κ1) is 18.9. The van der Waals surface area contributed by atoms with Crippen LogP contribution in [0.4, 0.5) is 16.2 Å². The number of ether oxygens (including phenoxy) is 1. The van der Waals surface area contributed by atoms with Crippen molar-refractivity contribution in [3.63, 3.8) is 0 Å². The van der Waals surface area contributed by atoms with Crippen LogP contribution < -0.4 is 16.4 Å². The fraction of sp³-hybridized carbons (Fsp3) is 0.421. The number of methoxy groups -OCH3 is 1. The summed E-state index contributed by atoms with van der Waals surface area (Å²) in [5, 5.41) is 5.63. The predicted molar refractivity (Wildman–Crippen MR) is 103 cm³/mol. The van der Waals surface area contributed by atoms with Gasteiger partial charge in [0.15, 0.2) is 0 Å². The zero-order chi connectivity index (χ0) is 19.4. The number of aromatic amines is 1. The van der Waals surface area contributed by atoms with Crippen LogP contribution in [0.15, 0.2) is 24.4 Å². The van der Waals surface area contributed by atoms with Crippen LogP contribution in [0, 0.1) is 5.92 Å². The predicted octanol–water partition coefficient (Wildman–Crippen LogP) is 3.40. The fourth-order valence-corrected chi connectivity index (χ4v) is 3.27. The summed E-state index contributed by atoms with van der Waals surface area (Å²) in [7, 11) is 1.30. The number of carbonyl (C=O) groups is 2. The van der Waals surface area contributed by atoms with E-state index < -0.39 is 6.09 Å². The average Bonchev–Trinajstić information content (AvgIpc) is 3.14. The molecule has 0 saturated carbocycles. The lowest BCUT2D eigenvalue weighted by molar-refractivity contribution is -0.120. The molecule has 0 spiro atoms. The molecule has 3 rings (SSSR count). The van der Waals surface area contributed by atoms with Crippen LogP contribution in [-0.2, 0) is 9.53 Å². The van der Waals surface area contributed by atoms with E-state index in [9.17, 15) is 9.59 Å². The molecule has 144 valence electrons. The maximum Gasteiger partial charge on any atom is 0.411 e. The summed E-state index contributed by atoms with van der Waals surface area (Å²) in [6.07, 6.45) is 4.27. The number of H-pyrrole nitrogens is 1. The molecular formula is C19H25N5O3. The molecule has 0 unspecified atom stereocenters. The van der Waals surface area contributed by atoms with Gasteiger partial charge in [-0.2, -0.15) is 0 Å². The smallest absolute Gasteiger partial charge is 0.411 e. The van der Waals surface area contributed by atoms with E-state index >= 15 is 0 Å². The van der Waals surface area contributed by atoms with E-state index in [-0.39, 0.29) is 17.9 Å². The maximum atomic E-state index is 12.8. The van der Waals surface area contributed by atoms with Crippen LogP contribution in [0.1, 0.15) is 44.5 Å². The lowest BCUT2D eigenvalue weighted by Crippen LogP contribution is -2.23. The number of nitrogens with one attached hydrogen (secondary N) is 3. The van der Waals surface area contributed by atoms with Gasteiger partial charge in [-0.3, -0.25) is 10.1 Å². The number of imidazole rings is 1. The minimum Gasteiger partial charge on any atom is -0.453 e. The van der Waals surface area contributed by atoms with Gasteiger partial charge in [-0.1, -0.05) is 13.3 Å². The first-order chi connectivity index (χ1) is 13.0. The molecule has 2 aromatic rings. The van der Waals surface area contributed by atoms with E-state index in [4.69, 9.17) is 5.73 Å². The van der Waals surface area contributed by atoms with E-state index in [1.807, 2.05) is 13.0 Å². The van der Waals surface area contributed by atoms with E-state index in [0.717, 1.165) is 42.8 Å². The lowest BCUT2D eigenvalue weighted by atomic mass is 9.96. The Morgan fingerprint density at radius 2 is 2.22 bits per heavy atom. The van der Waals surface area contributed by atoms with Crippen LogP contribution in [0.5, 0.6) is 0 Å². The van der Waals surface area contributed by atoms with Crippen molar-refractivity contribution in [3.05, 3.63) is 30.2 Å². The Bertz CT molecular complexity index is 833. The molecule has 2 atom stereocenters. The second kappa shape index (κ2) is 8.22. The van der Waals surface area contributed by atoms with Crippen molar-refractivity contribution in [2.24, 2.45) is 11.7 Å². The van der Waals surface area contributed by atoms with Crippen LogP contribution in [0.25, 0.3) is 11.3 Å². The molecule has 2 heterocycles. The molecule has 8 nitrogen and oxygen atoms in total. The molecule has 0 fully saturated rings. The molecule has 27 heavy (non-hydrogen) atoms. The van der Waals surface area contributed by atoms with Gasteiger partial charge in [0.2, 0.25) is 5.91 Å². The largest absolute Gasteiger partial charge is 0.453 e. The van der Waals surface area contributed by atoms with Crippen molar-refractivity contribution in [3.8, 4) is 11.3 Å². The van der Waals surface area contributed by atoms with Gasteiger partial charge < -0.3 is 20.8 Å². The van der Waals surface area contributed by atoms with E-state index in [0.29, 0.717) is 11.4 Å². The molecular weight excluding hydrogens is 346 g/mol. The van der Waals surface area contributed by atoms with E-state index in [1.54, 1.807) is 18.3 Å². The third-order valence-electron chi connectivity index (χ3n) is 4.88. The molecule has 5 N–H and O–H groups in total. The number of fused-ring (bicyclic) bond motifs is 4. The number of amides is 2. The Balaban J connectivity index is 2.03. The van der Waals surface area contributed by atoms with E-state index in [2.05, 4.69) is 25.3 Å². The molecule has 1 aliphatic heterocycles. The molecule has 1 aromatic carbocycles. The van der Waals surface area contributed by atoms with Gasteiger partial charge in [0.05, 0.1) is 30.7 Å². The summed E-state index contributed by atoms with van der Waals surface area (Å²) in [5.41, 5.74) is 8.90. The molecule has 1 aliphatic rings. The van der Waals surface area contributed by atoms with Gasteiger partial charge >= 0.3 is 6.09 Å². The van der Waals surface area contributed by atoms with Crippen LogP contribution in [-0.4, -0.2) is 29.1 Å². The van der Waals surface area contributed by atoms with Crippen molar-refractivity contribution in [2.75, 3.05) is 17.7 Å². The monoisotopic (exact) mass is 371 g/mol. The second-order valence-corrected chi connectivity index (χ2v) is 6.69. The van der Waals surface area contributed by atoms with Crippen LogP contribution >= 0.6 is 0 Å². The van der Waals surface area contributed by atoms with Crippen molar-refractivity contribution in [2.45, 2.75) is 38.6 Å². The normalized spacial score (nSPS) is 19.9. The second-order valence-electron chi connectivity index (χ2n) is 6.69. The van der Waals surface area contributed by atoms with Crippen molar-refractivity contribution in [1.29, 1.82) is 0 Å². The van der Waals surface area contributed by atoms with Gasteiger partial charge in [-0.15, -0.1) is 0 Å². The van der Waals surface area contributed by atoms with Crippen molar-refractivity contribution < 1.29 is 14.3 Å². The number of aromatic nitrogens is 2. The summed E-state index contributed by atoms with van der Waals surface area (Å²) >= 11 is 0. The maximum absolute atomic E-state index is 12.8. The average molecular weight is 371 g/mol. The Morgan fingerprint density at radius 1 is 1.41 bits per heavy atom. The van der Waals surface area contributed by atoms with Crippen LogP contribution in [0.2, 0.25) is 0 Å². The Kier molecular flexibility index (Phi) is 5.75. The number of benzene rings is 1. The standard InChI is InChI=1S/C19H25N5O3/c1-3-11-5-4-6-14(20)17-21-10-16(23-17)13-8-7-12(22-19(26)27-2)9-15(13)24-18(11)25/h7-11,14H,3-6,20H2,1-2H3,(H,21,23)(H,22,26)(H,24,25)/t11-,14+/m1/s1. The van der Waals surface area contributed by atoms with Gasteiger partial charge in [0, 0.05) is 17.2 Å². The summed E-state index contributed by atoms with van der Waals surface area (Å²) in [6.45, 7) is 2.00. The van der Waals surface area contributed by atoms with Gasteiger partial charge in [0.1, 0.15) is 5.82 Å². The third kappa shape index (κ3) is 4.28. The summed E-state index contributed by atoms with van der Waals surface area (Å²) in [5.74, 6) is 0.596. The van der Waals surface area contributed by atoms with Crippen LogP contribution in [0.3, 0.4) is 0 Å². The number of nitrogens with zero attached hydrogens (tertiary/aromatic N) is 1. The number of hydrogen-bond donors (Lipinski definition) is 4. The van der Waals surface area contributed by atoms with Gasteiger partial charge in [0.25, 0.3) is 0 Å². The summed E-state index contributed by atoms with van der Waals surface area (Å²) < 4.78 is 4.63. The Hall–Kier alpha value is -2.87. The highest BCUT2D eigenvalue weighted by Crippen LogP contribution is 2.32. The fourth-order valence-electron chi connectivity index (χ4n) is 3.27.